The second-order valence-electron chi connectivity index (χ2n) is 19.2. The Labute approximate surface area is 357 Å². The Hall–Kier alpha value is -5.31. The van der Waals surface area contributed by atoms with Crippen LogP contribution in [0.3, 0.4) is 0 Å². The zero-order valence-corrected chi connectivity index (χ0v) is 37.9. The molecule has 0 aliphatic rings. The first kappa shape index (κ1) is 47.4. The largest absolute Gasteiger partial charge is 0.507 e. The average Bonchev–Trinajstić information content (AvgIpc) is 3.15. The van der Waals surface area contributed by atoms with E-state index in [0.29, 0.717) is 38.5 Å². The average molecular weight is 823 g/mol. The van der Waals surface area contributed by atoms with Crippen LogP contribution in [-0.2, 0) is 49.7 Å². The number of aromatic hydroxyl groups is 3. The molecule has 0 aliphatic carbocycles. The van der Waals surface area contributed by atoms with Gasteiger partial charge in [0, 0.05) is 0 Å². The number of ether oxygens (including phenoxy) is 3. The number of hydrogen-bond donors (Lipinski definition) is 3. The molecule has 0 atom stereocenters. The fourth-order valence-electron chi connectivity index (χ4n) is 7.36. The van der Waals surface area contributed by atoms with Crippen molar-refractivity contribution in [2.24, 2.45) is 0 Å². The quantitative estimate of drug-likeness (QED) is 0.0607. The summed E-state index contributed by atoms with van der Waals surface area (Å²) in [5, 5.41) is 32.9. The normalized spacial score (nSPS) is 12.0. The third-order valence-corrected chi connectivity index (χ3v) is 10.5. The number of phenolic OH excluding ortho intramolecular Hbond substituents is 3. The van der Waals surface area contributed by atoms with Gasteiger partial charge in [-0.1, -0.05) is 115 Å². The molecule has 0 aromatic heterocycles. The second-order valence-corrected chi connectivity index (χ2v) is 19.2. The number of rotatable bonds is 15. The van der Waals surface area contributed by atoms with Gasteiger partial charge in [0.05, 0.1) is 36.5 Å². The summed E-state index contributed by atoms with van der Waals surface area (Å²) < 4.78 is 16.9. The van der Waals surface area contributed by atoms with Crippen molar-refractivity contribution in [1.29, 1.82) is 0 Å². The molecule has 4 rings (SSSR count). The monoisotopic (exact) mass is 822 g/mol. The molecule has 0 fully saturated rings. The topological polar surface area (TPSA) is 140 Å². The van der Waals surface area contributed by atoms with E-state index in [-0.39, 0.29) is 70.0 Å². The van der Waals surface area contributed by atoms with E-state index in [9.17, 15) is 29.7 Å². The van der Waals surface area contributed by atoms with Gasteiger partial charge in [-0.3, -0.25) is 0 Å². The standard InChI is InChI=1S/C51H66O9/c1-31-22-34(43(52)40(25-31)49(4,5)6)16-13-19-58-46(55)37-28-38(47(56)59-20-14-17-35-23-32(2)26-41(44(35)53)50(7,8)9)30-39(29-37)48(57)60-21-15-18-36-24-33(3)27-42(45(36)54)51(10,11)12/h22-30,52-54H,13-21H2,1-12H3. The fraction of sp³-hybridized carbons (Fsp3) is 0.471. The molecule has 60 heavy (non-hydrogen) atoms. The number of aryl methyl sites for hydroxylation is 6. The molecule has 0 saturated carbocycles. The van der Waals surface area contributed by atoms with Crippen molar-refractivity contribution in [2.75, 3.05) is 19.8 Å². The highest BCUT2D eigenvalue weighted by molar-refractivity contribution is 6.00. The number of carbonyl (C=O) groups is 3. The summed E-state index contributed by atoms with van der Waals surface area (Å²) in [6.07, 6.45) is 2.73. The predicted molar refractivity (Wildman–Crippen MR) is 237 cm³/mol. The predicted octanol–water partition coefficient (Wildman–Crippen LogP) is 11.0. The summed E-state index contributed by atoms with van der Waals surface area (Å²) in [4.78, 5) is 40.3. The van der Waals surface area contributed by atoms with Crippen LogP contribution >= 0.6 is 0 Å². The lowest BCUT2D eigenvalue weighted by Crippen LogP contribution is -2.15. The van der Waals surface area contributed by atoms with Gasteiger partial charge < -0.3 is 29.5 Å². The van der Waals surface area contributed by atoms with Gasteiger partial charge in [0.2, 0.25) is 0 Å². The van der Waals surface area contributed by atoms with Crippen LogP contribution < -0.4 is 0 Å². The zero-order valence-electron chi connectivity index (χ0n) is 37.9. The summed E-state index contributed by atoms with van der Waals surface area (Å²) in [5.41, 5.74) is 7.16. The highest BCUT2D eigenvalue weighted by Crippen LogP contribution is 2.37. The molecule has 9 heteroatoms. The van der Waals surface area contributed by atoms with E-state index in [1.165, 1.54) is 18.2 Å². The van der Waals surface area contributed by atoms with Gasteiger partial charge in [0.1, 0.15) is 17.2 Å². The lowest BCUT2D eigenvalue weighted by atomic mass is 9.83. The minimum atomic E-state index is -0.725. The minimum Gasteiger partial charge on any atom is -0.507 e. The smallest absolute Gasteiger partial charge is 0.338 e. The molecular formula is C51H66O9. The molecule has 4 aromatic carbocycles. The van der Waals surface area contributed by atoms with E-state index in [1.54, 1.807) is 0 Å². The van der Waals surface area contributed by atoms with Crippen molar-refractivity contribution < 1.29 is 43.9 Å². The maximum absolute atomic E-state index is 13.4. The molecule has 0 saturated heterocycles. The third kappa shape index (κ3) is 12.6. The molecule has 0 radical (unpaired) electrons. The first-order chi connectivity index (χ1) is 27.9. The van der Waals surface area contributed by atoms with Gasteiger partial charge in [-0.05, 0) is 127 Å². The highest BCUT2D eigenvalue weighted by Gasteiger charge is 2.24. The molecule has 0 unspecified atom stereocenters. The molecule has 0 spiro atoms. The van der Waals surface area contributed by atoms with E-state index >= 15 is 0 Å². The van der Waals surface area contributed by atoms with Crippen LogP contribution in [0.1, 0.15) is 163 Å². The van der Waals surface area contributed by atoms with Gasteiger partial charge in [0.25, 0.3) is 0 Å². The lowest BCUT2D eigenvalue weighted by Gasteiger charge is -2.23. The van der Waals surface area contributed by atoms with Crippen LogP contribution in [-0.4, -0.2) is 53.0 Å². The van der Waals surface area contributed by atoms with E-state index in [4.69, 9.17) is 14.2 Å². The van der Waals surface area contributed by atoms with Gasteiger partial charge >= 0.3 is 17.9 Å². The lowest BCUT2D eigenvalue weighted by molar-refractivity contribution is 0.0497. The van der Waals surface area contributed by atoms with Crippen LogP contribution in [0.5, 0.6) is 17.2 Å². The summed E-state index contributed by atoms with van der Waals surface area (Å²) in [7, 11) is 0. The van der Waals surface area contributed by atoms with E-state index < -0.39 is 17.9 Å². The Morgan fingerprint density at radius 1 is 0.417 bits per heavy atom. The highest BCUT2D eigenvalue weighted by atomic mass is 16.5. The maximum Gasteiger partial charge on any atom is 0.338 e. The molecule has 9 nitrogen and oxygen atoms in total. The Morgan fingerprint density at radius 3 is 0.867 bits per heavy atom. The minimum absolute atomic E-state index is 0.0105. The molecule has 0 aliphatic heterocycles. The summed E-state index contributed by atoms with van der Waals surface area (Å²) in [5.74, 6) is -1.46. The van der Waals surface area contributed by atoms with Crippen molar-refractivity contribution >= 4 is 17.9 Å². The van der Waals surface area contributed by atoms with E-state index in [2.05, 4.69) is 0 Å². The van der Waals surface area contributed by atoms with Crippen molar-refractivity contribution in [1.82, 2.24) is 0 Å². The van der Waals surface area contributed by atoms with Crippen LogP contribution in [0.2, 0.25) is 0 Å². The Kier molecular flexibility index (Phi) is 15.3. The Bertz CT molecular complexity index is 1930. The van der Waals surface area contributed by atoms with Gasteiger partial charge in [-0.15, -0.1) is 0 Å². The first-order valence-corrected chi connectivity index (χ1v) is 21.0. The number of carbonyl (C=O) groups excluding carboxylic acids is 3. The van der Waals surface area contributed by atoms with E-state index in [1.807, 2.05) is 119 Å². The maximum atomic E-state index is 13.4. The number of benzene rings is 4. The van der Waals surface area contributed by atoms with Crippen LogP contribution in [0.15, 0.2) is 54.6 Å². The zero-order chi connectivity index (χ0) is 44.7. The van der Waals surface area contributed by atoms with Crippen molar-refractivity contribution in [3.63, 3.8) is 0 Å². The Morgan fingerprint density at radius 2 is 0.650 bits per heavy atom. The molecule has 324 valence electrons. The van der Waals surface area contributed by atoms with Gasteiger partial charge in [-0.2, -0.15) is 0 Å². The summed E-state index contributed by atoms with van der Waals surface area (Å²) >= 11 is 0. The van der Waals surface area contributed by atoms with Crippen LogP contribution in [0.4, 0.5) is 0 Å². The number of phenols is 3. The Balaban J connectivity index is 1.47. The second kappa shape index (κ2) is 19.4. The number of esters is 3. The molecule has 3 N–H and O–H groups in total. The summed E-state index contributed by atoms with van der Waals surface area (Å²) in [6.45, 7) is 24.4. The third-order valence-electron chi connectivity index (χ3n) is 10.5. The fourth-order valence-corrected chi connectivity index (χ4v) is 7.36. The van der Waals surface area contributed by atoms with Gasteiger partial charge in [-0.25, -0.2) is 14.4 Å². The molecule has 4 aromatic rings. The molecule has 0 amide bonds. The first-order valence-electron chi connectivity index (χ1n) is 21.0. The van der Waals surface area contributed by atoms with Crippen molar-refractivity contribution in [3.05, 3.63) is 121 Å². The van der Waals surface area contributed by atoms with Gasteiger partial charge in [0.15, 0.2) is 0 Å². The van der Waals surface area contributed by atoms with Crippen LogP contribution in [0, 0.1) is 20.8 Å². The van der Waals surface area contributed by atoms with Crippen molar-refractivity contribution in [2.45, 2.75) is 138 Å². The van der Waals surface area contributed by atoms with Crippen molar-refractivity contribution in [3.8, 4) is 17.2 Å². The summed E-state index contributed by atoms with van der Waals surface area (Å²) in [6, 6.07) is 15.8. The SMILES string of the molecule is Cc1cc(CCCOC(=O)c2cc(C(=O)OCCCc3cc(C)cc(C(C)(C)C)c3O)cc(C(=O)OCCCc3cc(C)cc(C(C)(C)C)c3O)c2)c(O)c(C(C)(C)C)c1. The molecule has 0 bridgehead atoms. The molecule has 0 heterocycles. The van der Waals surface area contributed by atoms with Crippen LogP contribution in [0.25, 0.3) is 0 Å². The number of hydrogen-bond acceptors (Lipinski definition) is 9. The molecular weight excluding hydrogens is 757 g/mol. The van der Waals surface area contributed by atoms with E-state index in [0.717, 1.165) is 50.1 Å².